The molecule has 2 N–H and O–H groups in total. The molecule has 5 nitrogen and oxygen atoms in total. The summed E-state index contributed by atoms with van der Waals surface area (Å²) in [6, 6.07) is 18.7. The lowest BCUT2D eigenvalue weighted by Crippen LogP contribution is -2.12. The van der Waals surface area contributed by atoms with Crippen LogP contribution in [-0.2, 0) is 6.54 Å². The summed E-state index contributed by atoms with van der Waals surface area (Å²) < 4.78 is 23.3. The number of ether oxygens (including phenoxy) is 2. The van der Waals surface area contributed by atoms with Gasteiger partial charge in [-0.3, -0.25) is 4.79 Å². The molecule has 3 rings (SSSR count). The molecule has 6 heteroatoms. The first-order valence-corrected chi connectivity index (χ1v) is 8.70. The average Bonchev–Trinajstić information content (AvgIpc) is 2.74. The van der Waals surface area contributed by atoms with Crippen molar-refractivity contribution in [2.24, 2.45) is 0 Å². The zero-order valence-electron chi connectivity index (χ0n) is 15.7. The number of anilines is 2. The summed E-state index contributed by atoms with van der Waals surface area (Å²) in [5.74, 6) is 0.580. The number of methoxy groups -OCH3 is 2. The lowest BCUT2D eigenvalue weighted by molar-refractivity contribution is 0.102. The van der Waals surface area contributed by atoms with E-state index < -0.39 is 0 Å². The van der Waals surface area contributed by atoms with E-state index in [1.54, 1.807) is 30.3 Å². The highest BCUT2D eigenvalue weighted by Crippen LogP contribution is 2.23. The van der Waals surface area contributed by atoms with E-state index in [4.69, 9.17) is 9.47 Å². The van der Waals surface area contributed by atoms with Crippen molar-refractivity contribution in [2.45, 2.75) is 6.54 Å². The molecule has 0 aliphatic rings. The van der Waals surface area contributed by atoms with Crippen LogP contribution in [0.5, 0.6) is 11.5 Å². The van der Waals surface area contributed by atoms with E-state index in [1.165, 1.54) is 26.4 Å². The first-order valence-electron chi connectivity index (χ1n) is 8.70. The van der Waals surface area contributed by atoms with E-state index in [2.05, 4.69) is 10.6 Å². The minimum atomic E-state index is -0.260. The molecule has 0 aliphatic carbocycles. The van der Waals surface area contributed by atoms with Gasteiger partial charge in [-0.1, -0.05) is 12.1 Å². The second-order valence-corrected chi connectivity index (χ2v) is 6.11. The number of carbonyl (C=O) groups excluding carboxylic acids is 1. The van der Waals surface area contributed by atoms with Crippen LogP contribution in [0.25, 0.3) is 0 Å². The van der Waals surface area contributed by atoms with Gasteiger partial charge in [0, 0.05) is 29.5 Å². The monoisotopic (exact) mass is 380 g/mol. The average molecular weight is 380 g/mol. The van der Waals surface area contributed by atoms with Gasteiger partial charge in [-0.05, 0) is 54.1 Å². The lowest BCUT2D eigenvalue weighted by Gasteiger charge is -2.10. The van der Waals surface area contributed by atoms with Crippen molar-refractivity contribution >= 4 is 17.3 Å². The van der Waals surface area contributed by atoms with Crippen molar-refractivity contribution in [2.75, 3.05) is 24.9 Å². The van der Waals surface area contributed by atoms with Crippen LogP contribution in [0.1, 0.15) is 15.9 Å². The van der Waals surface area contributed by atoms with Crippen molar-refractivity contribution in [3.8, 4) is 11.5 Å². The molecule has 0 aliphatic heterocycles. The highest BCUT2D eigenvalue weighted by Gasteiger charge is 2.10. The van der Waals surface area contributed by atoms with Crippen molar-refractivity contribution in [1.82, 2.24) is 0 Å². The van der Waals surface area contributed by atoms with Crippen LogP contribution in [-0.4, -0.2) is 20.1 Å². The number of nitrogens with one attached hydrogen (secondary N) is 2. The first kappa shape index (κ1) is 19.2. The van der Waals surface area contributed by atoms with Gasteiger partial charge in [0.05, 0.1) is 14.2 Å². The van der Waals surface area contributed by atoms with Gasteiger partial charge in [0.1, 0.15) is 17.3 Å². The molecular formula is C22H21FN2O3. The van der Waals surface area contributed by atoms with Gasteiger partial charge in [0.15, 0.2) is 0 Å². The summed E-state index contributed by atoms with van der Waals surface area (Å²) in [7, 11) is 3.07. The van der Waals surface area contributed by atoms with Gasteiger partial charge in [-0.15, -0.1) is 0 Å². The van der Waals surface area contributed by atoms with Crippen LogP contribution in [0, 0.1) is 5.82 Å². The van der Waals surface area contributed by atoms with E-state index in [-0.39, 0.29) is 11.7 Å². The molecule has 0 saturated heterocycles. The first-order chi connectivity index (χ1) is 13.6. The molecule has 28 heavy (non-hydrogen) atoms. The number of hydrogen-bond acceptors (Lipinski definition) is 4. The molecule has 0 bridgehead atoms. The van der Waals surface area contributed by atoms with Crippen LogP contribution < -0.4 is 20.1 Å². The molecule has 0 heterocycles. The predicted molar refractivity (Wildman–Crippen MR) is 108 cm³/mol. The topological polar surface area (TPSA) is 59.6 Å². The molecule has 1 amide bonds. The molecule has 144 valence electrons. The van der Waals surface area contributed by atoms with E-state index in [1.807, 2.05) is 24.3 Å². The van der Waals surface area contributed by atoms with Gasteiger partial charge in [0.25, 0.3) is 5.91 Å². The number of benzene rings is 3. The zero-order chi connectivity index (χ0) is 19.9. The molecule has 0 spiro atoms. The van der Waals surface area contributed by atoms with E-state index >= 15 is 0 Å². The quantitative estimate of drug-likeness (QED) is 0.623. The smallest absolute Gasteiger partial charge is 0.255 e. The fourth-order valence-corrected chi connectivity index (χ4v) is 2.62. The second-order valence-electron chi connectivity index (χ2n) is 6.11. The Labute approximate surface area is 163 Å². The molecule has 0 saturated carbocycles. The fourth-order valence-electron chi connectivity index (χ4n) is 2.62. The summed E-state index contributed by atoms with van der Waals surface area (Å²) in [6.07, 6.45) is 0. The van der Waals surface area contributed by atoms with Crippen molar-refractivity contribution in [1.29, 1.82) is 0 Å². The molecule has 0 fully saturated rings. The van der Waals surface area contributed by atoms with Crippen LogP contribution in [0.2, 0.25) is 0 Å². The van der Waals surface area contributed by atoms with Gasteiger partial charge < -0.3 is 20.1 Å². The Hall–Kier alpha value is -3.54. The third-order valence-corrected chi connectivity index (χ3v) is 4.17. The van der Waals surface area contributed by atoms with Crippen molar-refractivity contribution in [3.63, 3.8) is 0 Å². The van der Waals surface area contributed by atoms with Crippen LogP contribution in [0.4, 0.5) is 15.8 Å². The molecule has 3 aromatic carbocycles. The Balaban J connectivity index is 1.62. The van der Waals surface area contributed by atoms with E-state index in [9.17, 15) is 9.18 Å². The van der Waals surface area contributed by atoms with Crippen LogP contribution in [0.15, 0.2) is 66.7 Å². The maximum Gasteiger partial charge on any atom is 0.255 e. The lowest BCUT2D eigenvalue weighted by atomic mass is 10.1. The highest BCUT2D eigenvalue weighted by molar-refractivity contribution is 6.04. The Bertz CT molecular complexity index is 919. The molecule has 0 unspecified atom stereocenters. The van der Waals surface area contributed by atoms with E-state index in [0.29, 0.717) is 29.3 Å². The molecule has 0 radical (unpaired) electrons. The Morgan fingerprint density at radius 2 is 1.43 bits per heavy atom. The summed E-state index contributed by atoms with van der Waals surface area (Å²) in [5.41, 5.74) is 2.98. The summed E-state index contributed by atoms with van der Waals surface area (Å²) in [6.45, 7) is 0.579. The standard InChI is InChI=1S/C22H21FN2O3/c1-27-20-11-16(12-21(13-20)28-2)22(26)25-19-9-7-18(8-10-19)24-14-15-3-5-17(23)6-4-15/h3-13,24H,14H2,1-2H3,(H,25,26). The number of carbonyl (C=O) groups is 1. The van der Waals surface area contributed by atoms with Gasteiger partial charge in [-0.2, -0.15) is 0 Å². The Kier molecular flexibility index (Phi) is 6.11. The summed E-state index contributed by atoms with van der Waals surface area (Å²) in [4.78, 5) is 12.5. The number of amides is 1. The fraction of sp³-hybridized carbons (Fsp3) is 0.136. The van der Waals surface area contributed by atoms with Crippen LogP contribution in [0.3, 0.4) is 0 Å². The normalized spacial score (nSPS) is 10.2. The number of halogens is 1. The molecule has 3 aromatic rings. The Morgan fingerprint density at radius 3 is 2.00 bits per heavy atom. The largest absolute Gasteiger partial charge is 0.497 e. The number of rotatable bonds is 7. The molecular weight excluding hydrogens is 359 g/mol. The second kappa shape index (κ2) is 8.90. The SMILES string of the molecule is COc1cc(OC)cc(C(=O)Nc2ccc(NCc3ccc(F)cc3)cc2)c1. The number of hydrogen-bond donors (Lipinski definition) is 2. The third-order valence-electron chi connectivity index (χ3n) is 4.17. The highest BCUT2D eigenvalue weighted by atomic mass is 19.1. The minimum absolute atomic E-state index is 0.252. The summed E-state index contributed by atoms with van der Waals surface area (Å²) in [5, 5.41) is 6.10. The minimum Gasteiger partial charge on any atom is -0.497 e. The van der Waals surface area contributed by atoms with Crippen LogP contribution >= 0.6 is 0 Å². The van der Waals surface area contributed by atoms with Gasteiger partial charge in [-0.25, -0.2) is 4.39 Å². The van der Waals surface area contributed by atoms with Gasteiger partial charge >= 0.3 is 0 Å². The Morgan fingerprint density at radius 1 is 0.857 bits per heavy atom. The molecule has 0 atom stereocenters. The van der Waals surface area contributed by atoms with Crippen molar-refractivity contribution in [3.05, 3.63) is 83.7 Å². The molecule has 0 aromatic heterocycles. The predicted octanol–water partition coefficient (Wildman–Crippen LogP) is 4.71. The summed E-state index contributed by atoms with van der Waals surface area (Å²) >= 11 is 0. The third kappa shape index (κ3) is 5.01. The van der Waals surface area contributed by atoms with E-state index in [0.717, 1.165) is 11.3 Å². The van der Waals surface area contributed by atoms with Crippen molar-refractivity contribution < 1.29 is 18.7 Å². The maximum atomic E-state index is 12.9. The maximum absolute atomic E-state index is 12.9. The zero-order valence-corrected chi connectivity index (χ0v) is 15.7. The van der Waals surface area contributed by atoms with Gasteiger partial charge in [0.2, 0.25) is 0 Å².